The normalized spacial score (nSPS) is 10.5. The van der Waals surface area contributed by atoms with Gasteiger partial charge < -0.3 is 5.32 Å². The van der Waals surface area contributed by atoms with Crippen molar-refractivity contribution in [3.05, 3.63) is 64.7 Å². The molecule has 7 nitrogen and oxygen atoms in total. The number of benzene rings is 1. The Balaban J connectivity index is 1.78. The molecule has 0 spiro atoms. The fourth-order valence-corrected chi connectivity index (χ4v) is 2.60. The number of anilines is 3. The number of nitrogens with one attached hydrogen (secondary N) is 2. The molecule has 26 heavy (non-hydrogen) atoms. The maximum Gasteiger partial charge on any atom is 0.258 e. The van der Waals surface area contributed by atoms with E-state index in [1.165, 1.54) is 0 Å². The van der Waals surface area contributed by atoms with Crippen molar-refractivity contribution in [3.8, 4) is 0 Å². The molecule has 0 saturated carbocycles. The highest BCUT2D eigenvalue weighted by molar-refractivity contribution is 6.03. The number of rotatable bonds is 4. The highest BCUT2D eigenvalue weighted by Crippen LogP contribution is 2.16. The van der Waals surface area contributed by atoms with Gasteiger partial charge in [-0.2, -0.15) is 0 Å². The minimum absolute atomic E-state index is 0.278. The van der Waals surface area contributed by atoms with Crippen molar-refractivity contribution in [2.24, 2.45) is 0 Å². The van der Waals surface area contributed by atoms with Crippen LogP contribution < -0.4 is 10.6 Å². The maximum absolute atomic E-state index is 12.5. The molecule has 0 aliphatic rings. The lowest BCUT2D eigenvalue weighted by Crippen LogP contribution is -2.15. The molecule has 1 aromatic carbocycles. The molecule has 0 fully saturated rings. The second-order valence-corrected chi connectivity index (χ2v) is 6.11. The number of hydrogen-bond acceptors (Lipinski definition) is 6. The molecule has 2 heterocycles. The molecule has 0 bridgehead atoms. The largest absolute Gasteiger partial charge is 0.324 e. The van der Waals surface area contributed by atoms with E-state index in [1.807, 2.05) is 45.9 Å². The first-order valence-corrected chi connectivity index (χ1v) is 8.22. The topological polar surface area (TPSA) is 92.7 Å². The van der Waals surface area contributed by atoms with Crippen molar-refractivity contribution in [1.29, 1.82) is 0 Å². The average Bonchev–Trinajstić information content (AvgIpc) is 2.53. The number of aromatic nitrogens is 4. The molecule has 0 unspecified atom stereocenters. The molecular weight excluding hydrogens is 328 g/mol. The third-order valence-electron chi connectivity index (χ3n) is 3.57. The molecule has 132 valence electrons. The summed E-state index contributed by atoms with van der Waals surface area (Å²) in [5.74, 6) is 0.515. The van der Waals surface area contributed by atoms with Crippen LogP contribution in [0.5, 0.6) is 0 Å². The van der Waals surface area contributed by atoms with E-state index in [4.69, 9.17) is 0 Å². The number of nitrogens with zero attached hydrogens (tertiary/aromatic N) is 4. The summed E-state index contributed by atoms with van der Waals surface area (Å²) < 4.78 is 0. The fraction of sp³-hybridized carbons (Fsp3) is 0.211. The highest BCUT2D eigenvalue weighted by atomic mass is 16.1. The number of carbonyl (C=O) groups excluding carboxylic acids is 1. The summed E-state index contributed by atoms with van der Waals surface area (Å²) in [5.41, 5.74) is 4.57. The zero-order chi connectivity index (χ0) is 18.7. The third kappa shape index (κ3) is 4.38. The van der Waals surface area contributed by atoms with Gasteiger partial charge in [-0.15, -0.1) is 0 Å². The molecule has 3 rings (SSSR count). The molecule has 0 saturated heterocycles. The third-order valence-corrected chi connectivity index (χ3v) is 3.57. The smallest absolute Gasteiger partial charge is 0.258 e. The Bertz CT molecular complexity index is 929. The molecular formula is C19H20N6O. The molecule has 7 heteroatoms. The second-order valence-electron chi connectivity index (χ2n) is 6.11. The minimum Gasteiger partial charge on any atom is -0.324 e. The Kier molecular flexibility index (Phi) is 4.88. The van der Waals surface area contributed by atoms with Gasteiger partial charge in [0.05, 0.1) is 0 Å². The summed E-state index contributed by atoms with van der Waals surface area (Å²) in [7, 11) is 0. The minimum atomic E-state index is -0.278. The van der Waals surface area contributed by atoms with Gasteiger partial charge in [-0.1, -0.05) is 6.07 Å². The van der Waals surface area contributed by atoms with E-state index in [0.29, 0.717) is 17.5 Å². The number of amides is 1. The Morgan fingerprint density at radius 3 is 1.88 bits per heavy atom. The monoisotopic (exact) mass is 348 g/mol. The number of carbonyl (C=O) groups is 1. The van der Waals surface area contributed by atoms with Crippen LogP contribution in [0, 0.1) is 27.7 Å². The van der Waals surface area contributed by atoms with Gasteiger partial charge >= 0.3 is 0 Å². The van der Waals surface area contributed by atoms with Gasteiger partial charge in [0.15, 0.2) is 0 Å². The van der Waals surface area contributed by atoms with E-state index in [2.05, 4.69) is 30.6 Å². The SMILES string of the molecule is Cc1cc(C)nc(NC(=O)c2cccc(Nc3nc(C)cc(C)n3)c2)n1. The lowest BCUT2D eigenvalue weighted by molar-refractivity contribution is 0.102. The molecule has 2 aromatic heterocycles. The van der Waals surface area contributed by atoms with Crippen LogP contribution in [0.2, 0.25) is 0 Å². The molecule has 2 N–H and O–H groups in total. The van der Waals surface area contributed by atoms with Crippen molar-refractivity contribution in [1.82, 2.24) is 19.9 Å². The van der Waals surface area contributed by atoms with E-state index in [0.717, 1.165) is 28.5 Å². The molecule has 1 amide bonds. The van der Waals surface area contributed by atoms with E-state index in [9.17, 15) is 4.79 Å². The lowest BCUT2D eigenvalue weighted by atomic mass is 10.2. The van der Waals surface area contributed by atoms with Gasteiger partial charge in [-0.05, 0) is 58.0 Å². The van der Waals surface area contributed by atoms with Crippen molar-refractivity contribution in [2.75, 3.05) is 10.6 Å². The lowest BCUT2D eigenvalue weighted by Gasteiger charge is -2.09. The highest BCUT2D eigenvalue weighted by Gasteiger charge is 2.10. The van der Waals surface area contributed by atoms with Crippen LogP contribution in [0.3, 0.4) is 0 Å². The Morgan fingerprint density at radius 1 is 0.769 bits per heavy atom. The Morgan fingerprint density at radius 2 is 1.31 bits per heavy atom. The standard InChI is InChI=1S/C19H20N6O/c1-11-8-12(2)21-18(20-11)24-16-7-5-6-15(10-16)17(26)25-19-22-13(3)9-14(4)23-19/h5-10H,1-4H3,(H,20,21,24)(H,22,23,25,26). The summed E-state index contributed by atoms with van der Waals surface area (Å²) >= 11 is 0. The predicted octanol–water partition coefficient (Wildman–Crippen LogP) is 3.50. The molecule has 0 aliphatic carbocycles. The van der Waals surface area contributed by atoms with Crippen molar-refractivity contribution >= 4 is 23.5 Å². The quantitative estimate of drug-likeness (QED) is 0.750. The summed E-state index contributed by atoms with van der Waals surface area (Å²) in [6.07, 6.45) is 0. The van der Waals surface area contributed by atoms with Crippen molar-refractivity contribution in [2.45, 2.75) is 27.7 Å². The molecule has 0 radical (unpaired) electrons. The van der Waals surface area contributed by atoms with Gasteiger partial charge in [0, 0.05) is 34.0 Å². The summed E-state index contributed by atoms with van der Waals surface area (Å²) in [5, 5.41) is 5.86. The van der Waals surface area contributed by atoms with Crippen LogP contribution in [0.25, 0.3) is 0 Å². The van der Waals surface area contributed by atoms with Gasteiger partial charge in [-0.25, -0.2) is 19.9 Å². The summed E-state index contributed by atoms with van der Waals surface area (Å²) in [6.45, 7) is 7.54. The van der Waals surface area contributed by atoms with E-state index < -0.39 is 0 Å². The molecule has 0 aliphatic heterocycles. The van der Waals surface area contributed by atoms with Crippen LogP contribution in [0.1, 0.15) is 33.1 Å². The first-order chi connectivity index (χ1) is 12.4. The van der Waals surface area contributed by atoms with Gasteiger partial charge in [0.2, 0.25) is 11.9 Å². The van der Waals surface area contributed by atoms with Crippen LogP contribution >= 0.6 is 0 Å². The summed E-state index contributed by atoms with van der Waals surface area (Å²) in [6, 6.07) is 10.9. The van der Waals surface area contributed by atoms with Gasteiger partial charge in [-0.3, -0.25) is 10.1 Å². The van der Waals surface area contributed by atoms with Crippen molar-refractivity contribution in [3.63, 3.8) is 0 Å². The second kappa shape index (κ2) is 7.26. The molecule has 0 atom stereocenters. The maximum atomic E-state index is 12.5. The summed E-state index contributed by atoms with van der Waals surface area (Å²) in [4.78, 5) is 29.7. The zero-order valence-electron chi connectivity index (χ0n) is 15.2. The van der Waals surface area contributed by atoms with Crippen LogP contribution in [-0.2, 0) is 0 Å². The van der Waals surface area contributed by atoms with Gasteiger partial charge in [0.1, 0.15) is 0 Å². The van der Waals surface area contributed by atoms with Crippen LogP contribution in [0.15, 0.2) is 36.4 Å². The van der Waals surface area contributed by atoms with Crippen molar-refractivity contribution < 1.29 is 4.79 Å². The number of aryl methyl sites for hydroxylation is 4. The van der Waals surface area contributed by atoms with E-state index in [-0.39, 0.29) is 5.91 Å². The fourth-order valence-electron chi connectivity index (χ4n) is 2.60. The molecule has 3 aromatic rings. The van der Waals surface area contributed by atoms with Gasteiger partial charge in [0.25, 0.3) is 5.91 Å². The average molecular weight is 348 g/mol. The zero-order valence-corrected chi connectivity index (χ0v) is 15.2. The number of hydrogen-bond donors (Lipinski definition) is 2. The predicted molar refractivity (Wildman–Crippen MR) is 101 cm³/mol. The van der Waals surface area contributed by atoms with E-state index >= 15 is 0 Å². The first kappa shape index (κ1) is 17.5. The van der Waals surface area contributed by atoms with Crippen LogP contribution in [-0.4, -0.2) is 25.8 Å². The first-order valence-electron chi connectivity index (χ1n) is 8.22. The van der Waals surface area contributed by atoms with E-state index in [1.54, 1.807) is 18.2 Å². The Labute approximate surface area is 152 Å². The Hall–Kier alpha value is -3.35. The van der Waals surface area contributed by atoms with Crippen LogP contribution in [0.4, 0.5) is 17.6 Å².